The third-order valence-corrected chi connectivity index (χ3v) is 3.49. The number of carbonyl (C=O) groups excluding carboxylic acids is 1. The Morgan fingerprint density at radius 2 is 2.28 bits per heavy atom. The van der Waals surface area contributed by atoms with Crippen LogP contribution >= 0.6 is 0 Å². The van der Waals surface area contributed by atoms with E-state index in [0.717, 1.165) is 44.0 Å². The molecule has 1 aromatic rings. The quantitative estimate of drug-likeness (QED) is 0.842. The molecule has 100 valence electrons. The van der Waals surface area contributed by atoms with Crippen LogP contribution in [-0.2, 0) is 6.42 Å². The molecule has 0 fully saturated rings. The highest BCUT2D eigenvalue weighted by Crippen LogP contribution is 2.18. The Labute approximate surface area is 108 Å². The van der Waals surface area contributed by atoms with Gasteiger partial charge in [0.2, 0.25) is 0 Å². The van der Waals surface area contributed by atoms with Gasteiger partial charge in [-0.2, -0.15) is 0 Å². The first-order valence-electron chi connectivity index (χ1n) is 6.67. The first kappa shape index (κ1) is 13.1. The largest absolute Gasteiger partial charge is 0.351 e. The number of aromatic amines is 1. The third kappa shape index (κ3) is 2.72. The summed E-state index contributed by atoms with van der Waals surface area (Å²) in [5.74, 6) is 1.20. The molecule has 2 N–H and O–H groups in total. The molecule has 2 heterocycles. The molecule has 0 saturated carbocycles. The van der Waals surface area contributed by atoms with Crippen LogP contribution in [0.15, 0.2) is 0 Å². The van der Waals surface area contributed by atoms with Crippen LogP contribution in [0.25, 0.3) is 0 Å². The van der Waals surface area contributed by atoms with E-state index >= 15 is 0 Å². The second kappa shape index (κ2) is 5.52. The van der Waals surface area contributed by atoms with E-state index in [1.165, 1.54) is 0 Å². The minimum absolute atomic E-state index is 0.0407. The van der Waals surface area contributed by atoms with Crippen molar-refractivity contribution in [1.82, 2.24) is 20.2 Å². The lowest BCUT2D eigenvalue weighted by Crippen LogP contribution is -2.24. The fourth-order valence-corrected chi connectivity index (χ4v) is 2.27. The van der Waals surface area contributed by atoms with Crippen molar-refractivity contribution in [3.63, 3.8) is 0 Å². The number of imidazole rings is 1. The Bertz CT molecular complexity index is 427. The summed E-state index contributed by atoms with van der Waals surface area (Å²) in [4.78, 5) is 21.9. The van der Waals surface area contributed by atoms with Crippen LogP contribution < -0.4 is 5.32 Å². The fraction of sp³-hybridized carbons (Fsp3) is 0.692. The van der Waals surface area contributed by atoms with Crippen molar-refractivity contribution in [3.05, 3.63) is 17.2 Å². The zero-order valence-corrected chi connectivity index (χ0v) is 11.4. The molecule has 0 bridgehead atoms. The monoisotopic (exact) mass is 250 g/mol. The minimum Gasteiger partial charge on any atom is -0.351 e. The predicted octanol–water partition coefficient (Wildman–Crippen LogP) is 1.14. The van der Waals surface area contributed by atoms with Gasteiger partial charge in [0, 0.05) is 24.7 Å². The van der Waals surface area contributed by atoms with E-state index in [1.54, 1.807) is 0 Å². The van der Waals surface area contributed by atoms with Gasteiger partial charge in [-0.25, -0.2) is 4.98 Å². The molecular formula is C13H22N4O. The van der Waals surface area contributed by atoms with Crippen molar-refractivity contribution in [3.8, 4) is 0 Å². The van der Waals surface area contributed by atoms with Gasteiger partial charge in [0.15, 0.2) is 0 Å². The van der Waals surface area contributed by atoms with Gasteiger partial charge >= 0.3 is 0 Å². The molecule has 0 unspecified atom stereocenters. The number of fused-ring (bicyclic) bond motifs is 1. The first-order valence-corrected chi connectivity index (χ1v) is 6.67. The summed E-state index contributed by atoms with van der Waals surface area (Å²) in [6, 6.07) is 0. The van der Waals surface area contributed by atoms with Gasteiger partial charge in [0.25, 0.3) is 5.91 Å². The molecule has 0 aliphatic carbocycles. The molecule has 1 amide bonds. The Balaban J connectivity index is 2.16. The normalized spacial score (nSPS) is 17.2. The second-order valence-electron chi connectivity index (χ2n) is 5.06. The number of carbonyl (C=O) groups is 1. The first-order chi connectivity index (χ1) is 8.61. The number of amides is 1. The molecule has 0 spiro atoms. The van der Waals surface area contributed by atoms with Crippen LogP contribution in [0.2, 0.25) is 0 Å². The van der Waals surface area contributed by atoms with Crippen molar-refractivity contribution in [1.29, 1.82) is 0 Å². The van der Waals surface area contributed by atoms with E-state index in [2.05, 4.69) is 41.1 Å². The molecule has 1 aliphatic rings. The lowest BCUT2D eigenvalue weighted by atomic mass is 10.1. The fourth-order valence-electron chi connectivity index (χ4n) is 2.27. The molecular weight excluding hydrogens is 228 g/mol. The average Bonchev–Trinajstić information content (AvgIpc) is 2.71. The molecule has 18 heavy (non-hydrogen) atoms. The van der Waals surface area contributed by atoms with Crippen molar-refractivity contribution >= 4 is 5.91 Å². The number of nitrogens with one attached hydrogen (secondary N) is 2. The molecule has 1 aromatic heterocycles. The lowest BCUT2D eigenvalue weighted by molar-refractivity contribution is 0.0951. The lowest BCUT2D eigenvalue weighted by Gasteiger charge is -2.17. The molecule has 5 heteroatoms. The minimum atomic E-state index is -0.0407. The number of H-pyrrole nitrogens is 1. The van der Waals surface area contributed by atoms with E-state index in [-0.39, 0.29) is 5.91 Å². The number of hydrogen-bond donors (Lipinski definition) is 2. The predicted molar refractivity (Wildman–Crippen MR) is 70.8 cm³/mol. The van der Waals surface area contributed by atoms with Crippen LogP contribution in [0.5, 0.6) is 0 Å². The smallest absolute Gasteiger partial charge is 0.271 e. The van der Waals surface area contributed by atoms with Crippen LogP contribution in [0.3, 0.4) is 0 Å². The summed E-state index contributed by atoms with van der Waals surface area (Å²) in [6.45, 7) is 6.99. The van der Waals surface area contributed by atoms with Gasteiger partial charge in [-0.15, -0.1) is 0 Å². The molecule has 0 saturated heterocycles. The van der Waals surface area contributed by atoms with Crippen LogP contribution in [0.1, 0.15) is 48.2 Å². The van der Waals surface area contributed by atoms with E-state index in [9.17, 15) is 4.79 Å². The van der Waals surface area contributed by atoms with Crippen molar-refractivity contribution in [2.24, 2.45) is 0 Å². The van der Waals surface area contributed by atoms with E-state index in [0.29, 0.717) is 11.6 Å². The highest BCUT2D eigenvalue weighted by Gasteiger charge is 2.22. The topological polar surface area (TPSA) is 61.0 Å². The number of nitrogens with zero attached hydrogens (tertiary/aromatic N) is 2. The third-order valence-electron chi connectivity index (χ3n) is 3.49. The summed E-state index contributed by atoms with van der Waals surface area (Å²) in [7, 11) is 2.09. The summed E-state index contributed by atoms with van der Waals surface area (Å²) in [5, 5.41) is 2.87. The summed E-state index contributed by atoms with van der Waals surface area (Å²) in [5.41, 5.74) is 1.58. The van der Waals surface area contributed by atoms with Crippen LogP contribution in [-0.4, -0.2) is 47.5 Å². The summed E-state index contributed by atoms with van der Waals surface area (Å²) in [6.07, 6.45) is 1.88. The van der Waals surface area contributed by atoms with Gasteiger partial charge < -0.3 is 15.2 Å². The molecule has 5 nitrogen and oxygen atoms in total. The highest BCUT2D eigenvalue weighted by atomic mass is 16.1. The standard InChI is InChI=1S/C13H22N4O/c1-4-17(3)8-9(2)12-15-10-6-5-7-14-13(18)11(10)16-12/h9H,4-8H2,1-3H3,(H,14,18)(H,15,16)/t9-/m1/s1. The number of likely N-dealkylation sites (N-methyl/N-ethyl adjacent to an activating group) is 1. The maximum atomic E-state index is 11.8. The van der Waals surface area contributed by atoms with Crippen molar-refractivity contribution in [2.45, 2.75) is 32.6 Å². The van der Waals surface area contributed by atoms with Gasteiger partial charge in [0.05, 0.1) is 0 Å². The van der Waals surface area contributed by atoms with Gasteiger partial charge in [0.1, 0.15) is 11.5 Å². The molecule has 1 atom stereocenters. The summed E-state index contributed by atoms with van der Waals surface area (Å²) < 4.78 is 0. The Morgan fingerprint density at radius 3 is 3.00 bits per heavy atom. The number of aryl methyl sites for hydroxylation is 1. The zero-order chi connectivity index (χ0) is 13.1. The Kier molecular flexibility index (Phi) is 4.01. The molecule has 1 aliphatic heterocycles. The average molecular weight is 250 g/mol. The maximum Gasteiger partial charge on any atom is 0.271 e. The Morgan fingerprint density at radius 1 is 1.50 bits per heavy atom. The van der Waals surface area contributed by atoms with Gasteiger partial charge in [-0.3, -0.25) is 4.79 Å². The van der Waals surface area contributed by atoms with Crippen LogP contribution in [0.4, 0.5) is 0 Å². The zero-order valence-electron chi connectivity index (χ0n) is 11.4. The highest BCUT2D eigenvalue weighted by molar-refractivity contribution is 5.93. The summed E-state index contributed by atoms with van der Waals surface area (Å²) >= 11 is 0. The number of hydrogen-bond acceptors (Lipinski definition) is 3. The molecule has 2 rings (SSSR count). The van der Waals surface area contributed by atoms with E-state index in [1.807, 2.05) is 0 Å². The van der Waals surface area contributed by atoms with E-state index in [4.69, 9.17) is 0 Å². The maximum absolute atomic E-state index is 11.8. The van der Waals surface area contributed by atoms with Crippen molar-refractivity contribution in [2.75, 3.05) is 26.7 Å². The van der Waals surface area contributed by atoms with Gasteiger partial charge in [-0.05, 0) is 26.4 Å². The van der Waals surface area contributed by atoms with E-state index < -0.39 is 0 Å². The molecule has 0 aromatic carbocycles. The Hall–Kier alpha value is -1.36. The van der Waals surface area contributed by atoms with Crippen LogP contribution in [0, 0.1) is 0 Å². The van der Waals surface area contributed by atoms with Crippen molar-refractivity contribution < 1.29 is 4.79 Å². The number of rotatable bonds is 4. The number of aromatic nitrogens is 2. The second-order valence-corrected chi connectivity index (χ2v) is 5.06. The molecule has 0 radical (unpaired) electrons. The van der Waals surface area contributed by atoms with Gasteiger partial charge in [-0.1, -0.05) is 13.8 Å². The SMILES string of the molecule is CCN(C)C[C@@H](C)c1nc2c([nH]1)CCCNC2=O.